The van der Waals surface area contributed by atoms with Gasteiger partial charge in [-0.15, -0.1) is 0 Å². The molecule has 1 atom stereocenters. The first-order valence-corrected chi connectivity index (χ1v) is 9.03. The van der Waals surface area contributed by atoms with Crippen LogP contribution in [0.4, 0.5) is 17.5 Å². The summed E-state index contributed by atoms with van der Waals surface area (Å²) in [6, 6.07) is 7.58. The Hall–Kier alpha value is -2.58. The fourth-order valence-electron chi connectivity index (χ4n) is 3.05. The number of nitrogens with one attached hydrogen (secondary N) is 1. The lowest BCUT2D eigenvalue weighted by molar-refractivity contribution is 0.401. The molecule has 0 bridgehead atoms. The number of anilines is 2. The highest BCUT2D eigenvalue weighted by atomic mass is 35.5. The number of rotatable bonds is 5. The van der Waals surface area contributed by atoms with E-state index in [1.54, 1.807) is 25.4 Å². The van der Waals surface area contributed by atoms with E-state index in [1.165, 1.54) is 0 Å². The molecule has 0 aliphatic carbocycles. The van der Waals surface area contributed by atoms with Crippen molar-refractivity contribution in [2.45, 2.75) is 12.5 Å². The lowest BCUT2D eigenvalue weighted by Crippen LogP contribution is -2.34. The topological polar surface area (TPSA) is 91.9 Å². The maximum atomic E-state index is 5.99. The van der Waals surface area contributed by atoms with Gasteiger partial charge in [-0.05, 0) is 38.2 Å². The number of methoxy groups -OCH3 is 1. The summed E-state index contributed by atoms with van der Waals surface area (Å²) in [5.41, 5.74) is 6.73. The Labute approximate surface area is 164 Å². The molecule has 1 saturated heterocycles. The number of halogens is 1. The van der Waals surface area contributed by atoms with E-state index in [1.807, 2.05) is 19.2 Å². The van der Waals surface area contributed by atoms with E-state index in [-0.39, 0.29) is 11.9 Å². The summed E-state index contributed by atoms with van der Waals surface area (Å²) < 4.78 is 5.43. The first-order chi connectivity index (χ1) is 13.0. The van der Waals surface area contributed by atoms with E-state index >= 15 is 0 Å². The summed E-state index contributed by atoms with van der Waals surface area (Å²) >= 11 is 5.98. The molecule has 27 heavy (non-hydrogen) atoms. The van der Waals surface area contributed by atoms with Gasteiger partial charge in [0, 0.05) is 30.3 Å². The van der Waals surface area contributed by atoms with Gasteiger partial charge in [0.15, 0.2) is 11.6 Å². The van der Waals surface area contributed by atoms with Gasteiger partial charge in [0.05, 0.1) is 13.3 Å². The van der Waals surface area contributed by atoms with E-state index in [0.29, 0.717) is 22.6 Å². The largest absolute Gasteiger partial charge is 0.491 e. The smallest absolute Gasteiger partial charge is 0.254 e. The second-order valence-electron chi connectivity index (χ2n) is 6.51. The number of nitrogens with zero attached hydrogens (tertiary/aromatic N) is 5. The molecule has 1 aromatic heterocycles. The van der Waals surface area contributed by atoms with Gasteiger partial charge in [-0.3, -0.25) is 0 Å². The van der Waals surface area contributed by atoms with Crippen molar-refractivity contribution >= 4 is 35.0 Å². The molecule has 144 valence electrons. The van der Waals surface area contributed by atoms with Crippen LogP contribution in [0.15, 0.2) is 35.5 Å². The maximum Gasteiger partial charge on any atom is 0.254 e. The first-order valence-electron chi connectivity index (χ1n) is 8.65. The van der Waals surface area contributed by atoms with Gasteiger partial charge in [0.25, 0.3) is 5.95 Å². The van der Waals surface area contributed by atoms with E-state index < -0.39 is 0 Å². The highest BCUT2D eigenvalue weighted by Gasteiger charge is 2.26. The van der Waals surface area contributed by atoms with Gasteiger partial charge in [-0.2, -0.15) is 9.98 Å². The summed E-state index contributed by atoms with van der Waals surface area (Å²) in [5.74, 6) is 1.74. The van der Waals surface area contributed by atoms with Gasteiger partial charge in [-0.25, -0.2) is 4.98 Å². The lowest BCUT2D eigenvalue weighted by Gasteiger charge is -2.26. The monoisotopic (exact) mass is 389 g/mol. The molecule has 2 aromatic rings. The summed E-state index contributed by atoms with van der Waals surface area (Å²) in [6.07, 6.45) is 2.68. The molecule has 1 aliphatic rings. The second-order valence-corrected chi connectivity index (χ2v) is 6.95. The Morgan fingerprint density at radius 3 is 2.96 bits per heavy atom. The Balaban J connectivity index is 1.81. The molecule has 3 rings (SSSR count). The average Bonchev–Trinajstić information content (AvgIpc) is 3.07. The number of benzene rings is 1. The van der Waals surface area contributed by atoms with E-state index in [2.05, 4.69) is 37.1 Å². The third-order valence-corrected chi connectivity index (χ3v) is 4.74. The third-order valence-electron chi connectivity index (χ3n) is 4.51. The van der Waals surface area contributed by atoms with Gasteiger partial charge >= 0.3 is 0 Å². The molecule has 1 fully saturated rings. The Kier molecular flexibility index (Phi) is 5.98. The van der Waals surface area contributed by atoms with Crippen molar-refractivity contribution in [3.63, 3.8) is 0 Å². The zero-order valence-corrected chi connectivity index (χ0v) is 16.4. The molecule has 0 radical (unpaired) electrons. The molecule has 3 N–H and O–H groups in total. The van der Waals surface area contributed by atoms with Crippen LogP contribution < -0.4 is 20.7 Å². The van der Waals surface area contributed by atoms with Crippen LogP contribution in [-0.2, 0) is 0 Å². The van der Waals surface area contributed by atoms with Crippen LogP contribution >= 0.6 is 11.6 Å². The SMILES string of the molecule is COc1cnc(N=C(N)Nc2cccc(Cl)c2)nc1N(C)C1CCN(C)C1. The van der Waals surface area contributed by atoms with Crippen molar-refractivity contribution in [3.05, 3.63) is 35.5 Å². The van der Waals surface area contributed by atoms with Crippen molar-refractivity contribution in [1.82, 2.24) is 14.9 Å². The maximum absolute atomic E-state index is 5.99. The fraction of sp³-hybridized carbons (Fsp3) is 0.389. The Morgan fingerprint density at radius 1 is 1.48 bits per heavy atom. The number of hydrogen-bond donors (Lipinski definition) is 2. The number of nitrogens with two attached hydrogens (primary N) is 1. The summed E-state index contributed by atoms with van der Waals surface area (Å²) in [4.78, 5) is 17.5. The molecule has 0 amide bonds. The molecule has 2 heterocycles. The predicted molar refractivity (Wildman–Crippen MR) is 109 cm³/mol. The van der Waals surface area contributed by atoms with Crippen LogP contribution in [0.3, 0.4) is 0 Å². The number of aliphatic imine (C=N–C) groups is 1. The number of hydrogen-bond acceptors (Lipinski definition) is 6. The van der Waals surface area contributed by atoms with Crippen LogP contribution in [0.25, 0.3) is 0 Å². The predicted octanol–water partition coefficient (Wildman–Crippen LogP) is 2.34. The Bertz CT molecular complexity index is 829. The number of aromatic nitrogens is 2. The molecule has 1 aliphatic heterocycles. The molecule has 0 spiro atoms. The van der Waals surface area contributed by atoms with E-state index in [0.717, 1.165) is 25.2 Å². The zero-order chi connectivity index (χ0) is 19.4. The molecular formula is C18H24ClN7O. The minimum Gasteiger partial charge on any atom is -0.491 e. The molecule has 1 aromatic carbocycles. The molecule has 0 saturated carbocycles. The van der Waals surface area contributed by atoms with E-state index in [9.17, 15) is 0 Å². The van der Waals surface area contributed by atoms with Crippen molar-refractivity contribution in [2.75, 3.05) is 44.5 Å². The minimum atomic E-state index is 0.177. The van der Waals surface area contributed by atoms with Crippen molar-refractivity contribution in [2.24, 2.45) is 10.7 Å². The van der Waals surface area contributed by atoms with Crippen molar-refractivity contribution in [1.29, 1.82) is 0 Å². The first kappa shape index (κ1) is 19.2. The number of ether oxygens (including phenoxy) is 1. The number of guanidine groups is 1. The van der Waals surface area contributed by atoms with Gasteiger partial charge in [0.2, 0.25) is 5.96 Å². The zero-order valence-electron chi connectivity index (χ0n) is 15.7. The highest BCUT2D eigenvalue weighted by Crippen LogP contribution is 2.29. The third kappa shape index (κ3) is 4.78. The summed E-state index contributed by atoms with van der Waals surface area (Å²) in [7, 11) is 5.73. The van der Waals surface area contributed by atoms with Gasteiger partial charge < -0.3 is 25.6 Å². The van der Waals surface area contributed by atoms with Crippen LogP contribution in [0.5, 0.6) is 5.75 Å². The minimum absolute atomic E-state index is 0.177. The van der Waals surface area contributed by atoms with Crippen LogP contribution in [0.1, 0.15) is 6.42 Å². The van der Waals surface area contributed by atoms with Crippen molar-refractivity contribution in [3.8, 4) is 5.75 Å². The quantitative estimate of drug-likeness (QED) is 0.599. The summed E-state index contributed by atoms with van der Waals surface area (Å²) in [6.45, 7) is 2.03. The van der Waals surface area contributed by atoms with E-state index in [4.69, 9.17) is 22.1 Å². The molecular weight excluding hydrogens is 366 g/mol. The Morgan fingerprint density at radius 2 is 2.30 bits per heavy atom. The van der Waals surface area contributed by atoms with Crippen LogP contribution in [0, 0.1) is 0 Å². The van der Waals surface area contributed by atoms with Gasteiger partial charge in [-0.1, -0.05) is 17.7 Å². The molecule has 1 unspecified atom stereocenters. The van der Waals surface area contributed by atoms with Gasteiger partial charge in [0.1, 0.15) is 0 Å². The van der Waals surface area contributed by atoms with Crippen LogP contribution in [-0.4, -0.2) is 61.2 Å². The average molecular weight is 390 g/mol. The normalized spacial score (nSPS) is 17.8. The van der Waals surface area contributed by atoms with Crippen LogP contribution in [0.2, 0.25) is 5.02 Å². The number of likely N-dealkylation sites (N-methyl/N-ethyl adjacent to an activating group) is 2. The highest BCUT2D eigenvalue weighted by molar-refractivity contribution is 6.30. The lowest BCUT2D eigenvalue weighted by atomic mass is 10.2. The fourth-order valence-corrected chi connectivity index (χ4v) is 3.24. The van der Waals surface area contributed by atoms with Crippen molar-refractivity contribution < 1.29 is 4.74 Å². The second kappa shape index (κ2) is 8.41. The summed E-state index contributed by atoms with van der Waals surface area (Å²) in [5, 5.41) is 3.59. The number of likely N-dealkylation sites (tertiary alicyclic amines) is 1. The standard InChI is InChI=1S/C18H24ClN7O/c1-25-8-7-14(11-25)26(2)16-15(27-3)10-21-18(23-16)24-17(20)22-13-6-4-5-12(19)9-13/h4-6,9-10,14H,7-8,11H2,1-3H3,(H3,20,21,22,23,24). The molecule has 9 heteroatoms. The molecule has 8 nitrogen and oxygen atoms in total.